The van der Waals surface area contributed by atoms with E-state index in [1.165, 1.54) is 148 Å². The van der Waals surface area contributed by atoms with Crippen LogP contribution in [-0.2, 0) is 65.4 Å². The molecule has 0 aliphatic carbocycles. The summed E-state index contributed by atoms with van der Waals surface area (Å²) >= 11 is 0. The number of phosphoric acid groups is 2. The first-order valence-corrected chi connectivity index (χ1v) is 39.8. The number of carbonyl (C=O) groups excluding carboxylic acids is 4. The van der Waals surface area contributed by atoms with Crippen LogP contribution in [-0.4, -0.2) is 96.7 Å². The molecule has 3 N–H and O–H groups in total. The lowest BCUT2D eigenvalue weighted by Gasteiger charge is -2.21. The van der Waals surface area contributed by atoms with Crippen molar-refractivity contribution < 1.29 is 80.2 Å². The van der Waals surface area contributed by atoms with Crippen LogP contribution in [0.3, 0.4) is 0 Å². The molecule has 4 unspecified atom stereocenters. The highest BCUT2D eigenvalue weighted by atomic mass is 31.2. The van der Waals surface area contributed by atoms with Crippen molar-refractivity contribution in [2.24, 2.45) is 23.7 Å². The second kappa shape index (κ2) is 60.7. The molecular formula is C71H138O17P2. The topological polar surface area (TPSA) is 237 Å². The van der Waals surface area contributed by atoms with Gasteiger partial charge in [-0.15, -0.1) is 0 Å². The van der Waals surface area contributed by atoms with Crippen LogP contribution in [0.5, 0.6) is 0 Å². The zero-order valence-corrected chi connectivity index (χ0v) is 60.6. The van der Waals surface area contributed by atoms with Gasteiger partial charge in [-0.05, 0) is 49.4 Å². The molecule has 0 fully saturated rings. The monoisotopic (exact) mass is 1320 g/mol. The zero-order valence-electron chi connectivity index (χ0n) is 58.8. The number of ether oxygens (including phenoxy) is 4. The van der Waals surface area contributed by atoms with Gasteiger partial charge in [-0.3, -0.25) is 37.3 Å². The summed E-state index contributed by atoms with van der Waals surface area (Å²) in [7, 11) is -9.90. The Morgan fingerprint density at radius 1 is 0.311 bits per heavy atom. The van der Waals surface area contributed by atoms with Crippen LogP contribution in [0.15, 0.2) is 0 Å². The lowest BCUT2D eigenvalue weighted by molar-refractivity contribution is -0.161. The van der Waals surface area contributed by atoms with Gasteiger partial charge in [0.15, 0.2) is 12.2 Å². The molecule has 0 aliphatic rings. The maximum absolute atomic E-state index is 13.0. The number of aliphatic hydroxyl groups excluding tert-OH is 1. The van der Waals surface area contributed by atoms with Crippen LogP contribution < -0.4 is 0 Å². The Labute approximate surface area is 549 Å². The van der Waals surface area contributed by atoms with Crippen LogP contribution >= 0.6 is 15.6 Å². The molecule has 0 rings (SSSR count). The first-order chi connectivity index (χ1) is 43.2. The fourth-order valence-corrected chi connectivity index (χ4v) is 12.2. The molecule has 90 heavy (non-hydrogen) atoms. The van der Waals surface area contributed by atoms with E-state index >= 15 is 0 Å². The molecule has 0 bridgehead atoms. The van der Waals surface area contributed by atoms with Gasteiger partial charge in [0.05, 0.1) is 26.4 Å². The number of carbonyl (C=O) groups is 4. The number of hydrogen-bond donors (Lipinski definition) is 3. The quantitative estimate of drug-likeness (QED) is 0.0222. The minimum absolute atomic E-state index is 0.102. The summed E-state index contributed by atoms with van der Waals surface area (Å²) in [5.41, 5.74) is 0. The molecule has 0 aromatic rings. The van der Waals surface area contributed by atoms with E-state index in [2.05, 4.69) is 55.4 Å². The highest BCUT2D eigenvalue weighted by molar-refractivity contribution is 7.47. The standard InChI is InChI=1S/C71H138O17P2/c1-9-63(7)49-41-33-27-29-36-44-52-69(74)82-58-67(88-71(76)54-46-38-30-28-34-42-50-64(8)10-2)60-86-90(79,80)84-56-65(72)55-83-89(77,78)85-59-66(57-81-68(73)51-43-35-25-22-18-20-24-32-40-48-62(5)6)87-70(75)53-45-37-26-21-17-15-13-11-12-14-16-19-23-31-39-47-61(3)4/h61-67,72H,9-60H2,1-8H3,(H,77,78)(H,79,80)/t63?,64?,65-,66-,67-/m1/s1. The minimum atomic E-state index is -4.95. The van der Waals surface area contributed by atoms with E-state index in [0.29, 0.717) is 25.7 Å². The maximum atomic E-state index is 13.0. The van der Waals surface area contributed by atoms with Gasteiger partial charge in [-0.2, -0.15) is 0 Å². The number of esters is 4. The molecule has 0 saturated heterocycles. The first-order valence-electron chi connectivity index (χ1n) is 36.8. The number of rotatable bonds is 68. The smallest absolute Gasteiger partial charge is 0.462 e. The molecule has 534 valence electrons. The largest absolute Gasteiger partial charge is 0.472 e. The van der Waals surface area contributed by atoms with Crippen LogP contribution in [0.1, 0.15) is 351 Å². The van der Waals surface area contributed by atoms with Crippen molar-refractivity contribution in [3.63, 3.8) is 0 Å². The van der Waals surface area contributed by atoms with Crippen LogP contribution in [0, 0.1) is 23.7 Å². The van der Waals surface area contributed by atoms with Crippen LogP contribution in [0.2, 0.25) is 0 Å². The zero-order chi connectivity index (χ0) is 66.8. The molecule has 19 heteroatoms. The predicted octanol–water partition coefficient (Wildman–Crippen LogP) is 20.1. The second-order valence-electron chi connectivity index (χ2n) is 27.1. The molecule has 0 heterocycles. The van der Waals surface area contributed by atoms with Gasteiger partial charge < -0.3 is 33.8 Å². The van der Waals surface area contributed by atoms with Crippen LogP contribution in [0.4, 0.5) is 0 Å². The highest BCUT2D eigenvalue weighted by Crippen LogP contribution is 2.45. The number of phosphoric ester groups is 2. The molecule has 0 aromatic heterocycles. The third-order valence-corrected chi connectivity index (χ3v) is 18.9. The summed E-state index contributed by atoms with van der Waals surface area (Å²) in [6.07, 6.45) is 43.2. The first kappa shape index (κ1) is 88.1. The second-order valence-corrected chi connectivity index (χ2v) is 30.0. The van der Waals surface area contributed by atoms with E-state index < -0.39 is 97.5 Å². The third kappa shape index (κ3) is 62.2. The van der Waals surface area contributed by atoms with Gasteiger partial charge in [-0.25, -0.2) is 9.13 Å². The van der Waals surface area contributed by atoms with Crippen molar-refractivity contribution in [2.45, 2.75) is 369 Å². The number of aliphatic hydroxyl groups is 1. The van der Waals surface area contributed by atoms with Gasteiger partial charge in [0.2, 0.25) is 0 Å². The average molecular weight is 1330 g/mol. The van der Waals surface area contributed by atoms with Gasteiger partial charge in [-0.1, -0.05) is 299 Å². The van der Waals surface area contributed by atoms with Crippen molar-refractivity contribution in [1.82, 2.24) is 0 Å². The molecule has 0 radical (unpaired) electrons. The molecule has 17 nitrogen and oxygen atoms in total. The predicted molar refractivity (Wildman–Crippen MR) is 363 cm³/mol. The van der Waals surface area contributed by atoms with Crippen molar-refractivity contribution >= 4 is 39.5 Å². The van der Waals surface area contributed by atoms with E-state index in [1.54, 1.807) is 0 Å². The third-order valence-electron chi connectivity index (χ3n) is 17.0. The van der Waals surface area contributed by atoms with E-state index in [1.807, 2.05) is 0 Å². The molecular weight excluding hydrogens is 1190 g/mol. The molecule has 7 atom stereocenters. The van der Waals surface area contributed by atoms with Gasteiger partial charge in [0.1, 0.15) is 19.3 Å². The molecule has 0 aromatic carbocycles. The Morgan fingerprint density at radius 2 is 0.533 bits per heavy atom. The summed E-state index contributed by atoms with van der Waals surface area (Å²) in [4.78, 5) is 72.5. The van der Waals surface area contributed by atoms with Crippen molar-refractivity contribution in [1.29, 1.82) is 0 Å². The summed E-state index contributed by atoms with van der Waals surface area (Å²) in [5.74, 6) is 0.866. The molecule has 0 spiro atoms. The van der Waals surface area contributed by atoms with E-state index in [4.69, 9.17) is 37.0 Å². The number of unbranched alkanes of at least 4 members (excludes halogenated alkanes) is 32. The minimum Gasteiger partial charge on any atom is -0.462 e. The van der Waals surface area contributed by atoms with Crippen LogP contribution in [0.25, 0.3) is 0 Å². The average Bonchev–Trinajstić information content (AvgIpc) is 3.33. The lowest BCUT2D eigenvalue weighted by atomic mass is 10.00. The normalized spacial score (nSPS) is 14.9. The van der Waals surface area contributed by atoms with Gasteiger partial charge >= 0.3 is 39.5 Å². The molecule has 0 amide bonds. The molecule has 0 aliphatic heterocycles. The fourth-order valence-electron chi connectivity index (χ4n) is 10.6. The van der Waals surface area contributed by atoms with E-state index in [9.17, 15) is 43.2 Å². The van der Waals surface area contributed by atoms with Gasteiger partial charge in [0, 0.05) is 25.7 Å². The fraction of sp³-hybridized carbons (Fsp3) is 0.944. The Balaban J connectivity index is 5.23. The van der Waals surface area contributed by atoms with Crippen molar-refractivity contribution in [3.8, 4) is 0 Å². The Bertz CT molecular complexity index is 1790. The van der Waals surface area contributed by atoms with Crippen molar-refractivity contribution in [3.05, 3.63) is 0 Å². The van der Waals surface area contributed by atoms with E-state index in [0.717, 1.165) is 120 Å². The SMILES string of the molecule is CCC(C)CCCCCCCCC(=O)OC[C@H](COP(=O)(O)OC[C@H](O)COP(=O)(O)OC[C@@H](COC(=O)CCCCCCCCCCCC(C)C)OC(=O)CCCCCCCCCCCCCCCCCC(C)C)OC(=O)CCCCCCCCC(C)CC. The van der Waals surface area contributed by atoms with Gasteiger partial charge in [0.25, 0.3) is 0 Å². The maximum Gasteiger partial charge on any atom is 0.472 e. The summed E-state index contributed by atoms with van der Waals surface area (Å²) < 4.78 is 68.3. The summed E-state index contributed by atoms with van der Waals surface area (Å²) in [6.45, 7) is 14.1. The number of hydrogen-bond acceptors (Lipinski definition) is 15. The molecule has 0 saturated carbocycles. The summed E-state index contributed by atoms with van der Waals surface area (Å²) in [6, 6.07) is 0. The Morgan fingerprint density at radius 3 is 0.789 bits per heavy atom. The summed E-state index contributed by atoms with van der Waals surface area (Å²) in [5, 5.41) is 10.6. The lowest BCUT2D eigenvalue weighted by Crippen LogP contribution is -2.30. The Kier molecular flexibility index (Phi) is 59.4. The van der Waals surface area contributed by atoms with Crippen molar-refractivity contribution in [2.75, 3.05) is 39.6 Å². The highest BCUT2D eigenvalue weighted by Gasteiger charge is 2.30. The Hall–Kier alpha value is -1.94. The van der Waals surface area contributed by atoms with E-state index in [-0.39, 0.29) is 25.7 Å².